The van der Waals surface area contributed by atoms with Crippen LogP contribution >= 0.6 is 0 Å². The molecule has 1 aromatic carbocycles. The highest BCUT2D eigenvalue weighted by molar-refractivity contribution is 5.71. The second kappa shape index (κ2) is 8.05. The fraction of sp³-hybridized carbons (Fsp3) is 0.571. The monoisotopic (exact) mass is 345 g/mol. The molecule has 0 fully saturated rings. The first-order chi connectivity index (χ1) is 11.7. The molecule has 2 atom stereocenters. The van der Waals surface area contributed by atoms with Crippen LogP contribution in [0.5, 0.6) is 0 Å². The van der Waals surface area contributed by atoms with Crippen molar-refractivity contribution < 1.29 is 14.3 Å². The van der Waals surface area contributed by atoms with Crippen LogP contribution in [0.2, 0.25) is 0 Å². The lowest BCUT2D eigenvalue weighted by Crippen LogP contribution is -2.48. The van der Waals surface area contributed by atoms with Crippen LogP contribution in [0.1, 0.15) is 47.1 Å². The molecule has 0 N–H and O–H groups in total. The fourth-order valence-electron chi connectivity index (χ4n) is 3.04. The molecule has 0 saturated heterocycles. The Hall–Kier alpha value is -1.81. The molecule has 25 heavy (non-hydrogen) atoms. The van der Waals surface area contributed by atoms with Gasteiger partial charge in [0.15, 0.2) is 0 Å². The zero-order chi connectivity index (χ0) is 18.6. The highest BCUT2D eigenvalue weighted by Crippen LogP contribution is 2.30. The number of hydrogen-bond acceptors (Lipinski definition) is 3. The Morgan fingerprint density at radius 3 is 2.40 bits per heavy atom. The molecule has 0 saturated carbocycles. The first-order valence-electron chi connectivity index (χ1n) is 9.00. The molecule has 1 aliphatic heterocycles. The van der Waals surface area contributed by atoms with Gasteiger partial charge in [0.05, 0.1) is 25.3 Å². The molecule has 0 radical (unpaired) electrons. The van der Waals surface area contributed by atoms with Crippen molar-refractivity contribution in [1.82, 2.24) is 4.90 Å². The van der Waals surface area contributed by atoms with Crippen molar-refractivity contribution in [2.45, 2.75) is 65.8 Å². The van der Waals surface area contributed by atoms with E-state index in [0.29, 0.717) is 19.1 Å². The topological polar surface area (TPSA) is 38.8 Å². The van der Waals surface area contributed by atoms with E-state index in [1.807, 2.05) is 56.0 Å². The molecule has 138 valence electrons. The van der Waals surface area contributed by atoms with Gasteiger partial charge < -0.3 is 9.47 Å². The van der Waals surface area contributed by atoms with Crippen molar-refractivity contribution in [2.75, 3.05) is 6.61 Å². The molecule has 0 spiro atoms. The van der Waals surface area contributed by atoms with Crippen molar-refractivity contribution in [3.05, 3.63) is 47.5 Å². The Morgan fingerprint density at radius 1 is 1.20 bits per heavy atom. The van der Waals surface area contributed by atoms with Crippen LogP contribution in [0.4, 0.5) is 4.79 Å². The Labute approximate surface area is 151 Å². The lowest BCUT2D eigenvalue weighted by atomic mass is 10.0. The van der Waals surface area contributed by atoms with E-state index in [1.165, 1.54) is 0 Å². The maximum Gasteiger partial charge on any atom is 0.411 e. The van der Waals surface area contributed by atoms with Crippen molar-refractivity contribution in [3.8, 4) is 0 Å². The fourth-order valence-corrected chi connectivity index (χ4v) is 3.04. The Morgan fingerprint density at radius 2 is 1.84 bits per heavy atom. The van der Waals surface area contributed by atoms with Crippen molar-refractivity contribution in [2.24, 2.45) is 5.92 Å². The summed E-state index contributed by atoms with van der Waals surface area (Å²) in [6, 6.07) is 10.0. The van der Waals surface area contributed by atoms with E-state index in [-0.39, 0.29) is 18.2 Å². The SMILES string of the molecule is CC1=C[C@H](C(C)C)N(C(=O)OC(C)(C)C)[C@H]1COCc1ccccc1. The Kier molecular flexibility index (Phi) is 6.28. The maximum absolute atomic E-state index is 12.8. The first kappa shape index (κ1) is 19.5. The second-order valence-electron chi connectivity index (χ2n) is 8.05. The highest BCUT2D eigenvalue weighted by Gasteiger charge is 2.39. The zero-order valence-corrected chi connectivity index (χ0v) is 16.3. The minimum Gasteiger partial charge on any atom is -0.444 e. The van der Waals surface area contributed by atoms with Crippen LogP contribution in [-0.2, 0) is 16.1 Å². The van der Waals surface area contributed by atoms with E-state index in [1.54, 1.807) is 0 Å². The number of hydrogen-bond donors (Lipinski definition) is 0. The van der Waals surface area contributed by atoms with E-state index in [0.717, 1.165) is 11.1 Å². The molecule has 1 amide bonds. The molecule has 1 aromatic rings. The summed E-state index contributed by atoms with van der Waals surface area (Å²) in [5.74, 6) is 0.321. The second-order valence-corrected chi connectivity index (χ2v) is 8.05. The maximum atomic E-state index is 12.8. The van der Waals surface area contributed by atoms with Gasteiger partial charge in [-0.1, -0.05) is 55.8 Å². The molecule has 1 heterocycles. The quantitative estimate of drug-likeness (QED) is 0.720. The number of carbonyl (C=O) groups is 1. The van der Waals surface area contributed by atoms with Crippen LogP contribution in [-0.4, -0.2) is 35.3 Å². The van der Waals surface area contributed by atoms with Crippen LogP contribution in [0.15, 0.2) is 42.0 Å². The predicted molar refractivity (Wildman–Crippen MR) is 100 cm³/mol. The van der Waals surface area contributed by atoms with E-state index in [9.17, 15) is 4.79 Å². The van der Waals surface area contributed by atoms with Gasteiger partial charge in [-0.25, -0.2) is 4.79 Å². The van der Waals surface area contributed by atoms with Crippen LogP contribution in [0, 0.1) is 5.92 Å². The van der Waals surface area contributed by atoms with Gasteiger partial charge >= 0.3 is 6.09 Å². The van der Waals surface area contributed by atoms with E-state index < -0.39 is 5.60 Å². The summed E-state index contributed by atoms with van der Waals surface area (Å²) in [5, 5.41) is 0. The molecule has 0 aromatic heterocycles. The van der Waals surface area contributed by atoms with Crippen LogP contribution in [0.25, 0.3) is 0 Å². The number of amides is 1. The standard InChI is InChI=1S/C21H31NO3/c1-15(2)18-12-16(3)19(22(18)20(23)25-21(4,5)6)14-24-13-17-10-8-7-9-11-17/h7-12,15,18-19H,13-14H2,1-6H3/t18-,19+/m1/s1. The number of carbonyl (C=O) groups excluding carboxylic acids is 1. The lowest BCUT2D eigenvalue weighted by molar-refractivity contribution is -0.00167. The predicted octanol–water partition coefficient (Wildman–Crippen LogP) is 4.79. The van der Waals surface area contributed by atoms with Crippen molar-refractivity contribution >= 4 is 6.09 Å². The molecule has 4 heteroatoms. The third kappa shape index (κ3) is 5.33. The summed E-state index contributed by atoms with van der Waals surface area (Å²) >= 11 is 0. The van der Waals surface area contributed by atoms with E-state index >= 15 is 0 Å². The third-order valence-corrected chi connectivity index (χ3v) is 4.29. The molecule has 0 unspecified atom stereocenters. The minimum absolute atomic E-state index is 0.0418. The molecule has 0 bridgehead atoms. The van der Waals surface area contributed by atoms with Gasteiger partial charge in [0, 0.05) is 0 Å². The summed E-state index contributed by atoms with van der Waals surface area (Å²) in [4.78, 5) is 14.6. The third-order valence-electron chi connectivity index (χ3n) is 4.29. The van der Waals surface area contributed by atoms with Gasteiger partial charge in [-0.15, -0.1) is 0 Å². The van der Waals surface area contributed by atoms with Gasteiger partial charge in [0.1, 0.15) is 5.60 Å². The van der Waals surface area contributed by atoms with Crippen LogP contribution < -0.4 is 0 Å². The van der Waals surface area contributed by atoms with Gasteiger partial charge in [-0.2, -0.15) is 0 Å². The molecule has 2 rings (SSSR count). The average molecular weight is 345 g/mol. The van der Waals surface area contributed by atoms with Crippen LogP contribution in [0.3, 0.4) is 0 Å². The summed E-state index contributed by atoms with van der Waals surface area (Å²) in [7, 11) is 0. The Bertz CT molecular complexity index is 601. The van der Waals surface area contributed by atoms with E-state index in [4.69, 9.17) is 9.47 Å². The van der Waals surface area contributed by atoms with Gasteiger partial charge in [-0.05, 0) is 39.2 Å². The number of benzene rings is 1. The van der Waals surface area contributed by atoms with Gasteiger partial charge in [0.2, 0.25) is 0 Å². The summed E-state index contributed by atoms with van der Waals surface area (Å²) in [5.41, 5.74) is 1.79. The van der Waals surface area contributed by atoms with Gasteiger partial charge in [0.25, 0.3) is 0 Å². The highest BCUT2D eigenvalue weighted by atomic mass is 16.6. The average Bonchev–Trinajstić information content (AvgIpc) is 2.84. The number of nitrogens with zero attached hydrogens (tertiary/aromatic N) is 1. The number of ether oxygens (including phenoxy) is 2. The smallest absolute Gasteiger partial charge is 0.411 e. The number of rotatable bonds is 5. The summed E-state index contributed by atoms with van der Waals surface area (Å²) in [6.45, 7) is 13.0. The molecule has 0 aliphatic carbocycles. The molecule has 1 aliphatic rings. The Balaban J connectivity index is 2.07. The largest absolute Gasteiger partial charge is 0.444 e. The summed E-state index contributed by atoms with van der Waals surface area (Å²) < 4.78 is 11.6. The minimum atomic E-state index is -0.509. The molecular weight excluding hydrogens is 314 g/mol. The lowest BCUT2D eigenvalue weighted by Gasteiger charge is -2.35. The first-order valence-corrected chi connectivity index (χ1v) is 9.00. The molecule has 4 nitrogen and oxygen atoms in total. The van der Waals surface area contributed by atoms with E-state index in [2.05, 4.69) is 26.8 Å². The van der Waals surface area contributed by atoms with Gasteiger partial charge in [-0.3, -0.25) is 4.90 Å². The summed E-state index contributed by atoms with van der Waals surface area (Å²) in [6.07, 6.45) is 1.90. The molecular formula is C21H31NO3. The van der Waals surface area contributed by atoms with Crippen molar-refractivity contribution in [1.29, 1.82) is 0 Å². The normalized spacial score (nSPS) is 20.8. The van der Waals surface area contributed by atoms with Crippen molar-refractivity contribution in [3.63, 3.8) is 0 Å². The zero-order valence-electron chi connectivity index (χ0n) is 16.3.